The molecular weight excluding hydrogens is 234 g/mol. The van der Waals surface area contributed by atoms with Gasteiger partial charge in [-0.2, -0.15) is 0 Å². The van der Waals surface area contributed by atoms with E-state index < -0.39 is 0 Å². The minimum Gasteiger partial charge on any atom is -0.497 e. The maximum atomic E-state index is 5.87. The van der Waals surface area contributed by atoms with Crippen molar-refractivity contribution in [2.24, 2.45) is 0 Å². The van der Waals surface area contributed by atoms with Gasteiger partial charge in [0.25, 0.3) is 0 Å². The zero-order chi connectivity index (χ0) is 12.1. The molecule has 0 saturated carbocycles. The molecular formula is C14H18ClNO. The van der Waals surface area contributed by atoms with E-state index in [0.29, 0.717) is 12.1 Å². The largest absolute Gasteiger partial charge is 0.497 e. The monoisotopic (exact) mass is 251 g/mol. The third-order valence-corrected chi connectivity index (χ3v) is 3.30. The molecule has 0 bridgehead atoms. The lowest BCUT2D eigenvalue weighted by Gasteiger charge is -2.22. The molecule has 17 heavy (non-hydrogen) atoms. The first-order chi connectivity index (χ1) is 8.25. The Labute approximate surface area is 108 Å². The zero-order valence-electron chi connectivity index (χ0n) is 10.0. The fourth-order valence-electron chi connectivity index (χ4n) is 1.91. The van der Waals surface area contributed by atoms with Crippen LogP contribution in [0.1, 0.15) is 31.4 Å². The summed E-state index contributed by atoms with van der Waals surface area (Å²) < 4.78 is 5.52. The second-order valence-corrected chi connectivity index (χ2v) is 4.83. The Hall–Kier alpha value is -0.990. The van der Waals surface area contributed by atoms with Gasteiger partial charge in [-0.15, -0.1) is 0 Å². The molecule has 1 heterocycles. The van der Waals surface area contributed by atoms with Gasteiger partial charge in [0, 0.05) is 17.6 Å². The Morgan fingerprint density at radius 3 is 2.82 bits per heavy atom. The number of hydrogen-bond donors (Lipinski definition) is 1. The van der Waals surface area contributed by atoms with Crippen molar-refractivity contribution in [2.75, 3.05) is 6.54 Å². The van der Waals surface area contributed by atoms with Gasteiger partial charge in [-0.3, -0.25) is 0 Å². The van der Waals surface area contributed by atoms with Crippen LogP contribution in [0.15, 0.2) is 36.6 Å². The normalized spacial score (nSPS) is 20.9. The molecule has 0 saturated heterocycles. The van der Waals surface area contributed by atoms with Gasteiger partial charge in [0.2, 0.25) is 0 Å². The van der Waals surface area contributed by atoms with Crippen LogP contribution in [-0.4, -0.2) is 12.6 Å². The van der Waals surface area contributed by atoms with Crippen LogP contribution in [0.5, 0.6) is 0 Å². The lowest BCUT2D eigenvalue weighted by atomic mass is 10.1. The summed E-state index contributed by atoms with van der Waals surface area (Å²) in [4.78, 5) is 0. The molecule has 0 spiro atoms. The minimum absolute atomic E-state index is 0.301. The van der Waals surface area contributed by atoms with E-state index in [-0.39, 0.29) is 0 Å². The quantitative estimate of drug-likeness (QED) is 0.881. The fraction of sp³-hybridized carbons (Fsp3) is 0.429. The summed E-state index contributed by atoms with van der Waals surface area (Å²) in [6, 6.07) is 8.29. The van der Waals surface area contributed by atoms with E-state index in [1.54, 1.807) is 0 Å². The molecule has 0 aromatic heterocycles. The summed E-state index contributed by atoms with van der Waals surface area (Å²) in [5.41, 5.74) is 1.25. The van der Waals surface area contributed by atoms with Crippen LogP contribution < -0.4 is 5.32 Å². The number of rotatable bonds is 4. The number of ether oxygens (including phenoxy) is 1. The van der Waals surface area contributed by atoms with E-state index >= 15 is 0 Å². The van der Waals surface area contributed by atoms with Crippen LogP contribution in [0.3, 0.4) is 0 Å². The molecule has 1 aromatic carbocycles. The summed E-state index contributed by atoms with van der Waals surface area (Å²) in [7, 11) is 0. The van der Waals surface area contributed by atoms with Gasteiger partial charge in [0.05, 0.1) is 6.26 Å². The van der Waals surface area contributed by atoms with Crippen molar-refractivity contribution in [3.8, 4) is 0 Å². The summed E-state index contributed by atoms with van der Waals surface area (Å²) >= 11 is 5.87. The van der Waals surface area contributed by atoms with Crippen molar-refractivity contribution >= 4 is 11.6 Å². The van der Waals surface area contributed by atoms with E-state index in [2.05, 4.69) is 30.4 Å². The van der Waals surface area contributed by atoms with Gasteiger partial charge in [0.15, 0.2) is 0 Å². The van der Waals surface area contributed by atoms with Gasteiger partial charge in [-0.25, -0.2) is 0 Å². The molecule has 2 rings (SSSR count). The lowest BCUT2D eigenvalue weighted by Crippen LogP contribution is -2.31. The van der Waals surface area contributed by atoms with E-state index in [0.717, 1.165) is 24.4 Å². The molecule has 92 valence electrons. The lowest BCUT2D eigenvalue weighted by molar-refractivity contribution is 0.120. The number of hydrogen-bond acceptors (Lipinski definition) is 2. The van der Waals surface area contributed by atoms with E-state index in [1.807, 2.05) is 18.4 Å². The van der Waals surface area contributed by atoms with Crippen LogP contribution in [0.4, 0.5) is 0 Å². The summed E-state index contributed by atoms with van der Waals surface area (Å²) in [6.07, 6.45) is 6.38. The van der Waals surface area contributed by atoms with Crippen molar-refractivity contribution in [3.63, 3.8) is 0 Å². The third-order valence-electron chi connectivity index (χ3n) is 3.04. The van der Waals surface area contributed by atoms with E-state index in [4.69, 9.17) is 16.3 Å². The van der Waals surface area contributed by atoms with Crippen molar-refractivity contribution in [3.05, 3.63) is 47.2 Å². The van der Waals surface area contributed by atoms with E-state index in [1.165, 1.54) is 5.56 Å². The predicted octanol–water partition coefficient (Wildman–Crippen LogP) is 3.68. The number of halogens is 1. The Morgan fingerprint density at radius 1 is 1.41 bits per heavy atom. The molecule has 1 unspecified atom stereocenters. The van der Waals surface area contributed by atoms with Crippen LogP contribution in [0, 0.1) is 0 Å². The first-order valence-corrected chi connectivity index (χ1v) is 6.43. The highest BCUT2D eigenvalue weighted by molar-refractivity contribution is 6.30. The first-order valence-electron chi connectivity index (χ1n) is 6.05. The van der Waals surface area contributed by atoms with Gasteiger partial charge in [-0.1, -0.05) is 23.7 Å². The maximum absolute atomic E-state index is 5.87. The van der Waals surface area contributed by atoms with Gasteiger partial charge < -0.3 is 10.1 Å². The average Bonchev–Trinajstić information content (AvgIpc) is 2.38. The van der Waals surface area contributed by atoms with Crippen LogP contribution in [0.25, 0.3) is 0 Å². The summed E-state index contributed by atoms with van der Waals surface area (Å²) in [5, 5.41) is 4.27. The number of allylic oxidation sites excluding steroid dienone is 1. The van der Waals surface area contributed by atoms with Gasteiger partial charge >= 0.3 is 0 Å². The molecule has 0 amide bonds. The fourth-order valence-corrected chi connectivity index (χ4v) is 2.04. The number of benzene rings is 1. The minimum atomic E-state index is 0.301. The van der Waals surface area contributed by atoms with Crippen molar-refractivity contribution in [1.29, 1.82) is 0 Å². The Balaban J connectivity index is 1.82. The van der Waals surface area contributed by atoms with Crippen molar-refractivity contribution in [2.45, 2.75) is 31.9 Å². The Morgan fingerprint density at radius 2 is 2.18 bits per heavy atom. The van der Waals surface area contributed by atoms with Gasteiger partial charge in [0.1, 0.15) is 6.10 Å². The molecule has 0 fully saturated rings. The second kappa shape index (κ2) is 6.08. The molecule has 2 atom stereocenters. The highest BCUT2D eigenvalue weighted by Gasteiger charge is 2.12. The Bertz CT molecular complexity index is 374. The molecule has 3 heteroatoms. The highest BCUT2D eigenvalue weighted by Crippen LogP contribution is 2.17. The Kier molecular flexibility index (Phi) is 4.46. The highest BCUT2D eigenvalue weighted by atomic mass is 35.5. The zero-order valence-corrected chi connectivity index (χ0v) is 10.8. The van der Waals surface area contributed by atoms with Gasteiger partial charge in [-0.05, 0) is 43.5 Å². The SMILES string of the molecule is C[C@H](NCC1CCC=CO1)c1ccc(Cl)cc1. The summed E-state index contributed by atoms with van der Waals surface area (Å²) in [6.45, 7) is 3.04. The summed E-state index contributed by atoms with van der Waals surface area (Å²) in [5.74, 6) is 0. The van der Waals surface area contributed by atoms with Crippen LogP contribution >= 0.6 is 11.6 Å². The second-order valence-electron chi connectivity index (χ2n) is 4.39. The molecule has 2 nitrogen and oxygen atoms in total. The average molecular weight is 252 g/mol. The first kappa shape index (κ1) is 12.5. The molecule has 0 radical (unpaired) electrons. The molecule has 0 aliphatic carbocycles. The predicted molar refractivity (Wildman–Crippen MR) is 71.1 cm³/mol. The van der Waals surface area contributed by atoms with Crippen LogP contribution in [-0.2, 0) is 4.74 Å². The standard InChI is InChI=1S/C14H18ClNO/c1-11(12-5-7-13(15)8-6-12)16-10-14-4-2-3-9-17-14/h3,5-9,11,14,16H,2,4,10H2,1H3/t11-,14?/m0/s1. The molecule has 1 aliphatic rings. The topological polar surface area (TPSA) is 21.3 Å². The number of nitrogens with one attached hydrogen (secondary N) is 1. The van der Waals surface area contributed by atoms with Crippen molar-refractivity contribution < 1.29 is 4.74 Å². The maximum Gasteiger partial charge on any atom is 0.110 e. The molecule has 1 N–H and O–H groups in total. The smallest absolute Gasteiger partial charge is 0.110 e. The van der Waals surface area contributed by atoms with Crippen molar-refractivity contribution in [1.82, 2.24) is 5.32 Å². The van der Waals surface area contributed by atoms with Crippen LogP contribution in [0.2, 0.25) is 5.02 Å². The third kappa shape index (κ3) is 3.76. The van der Waals surface area contributed by atoms with E-state index in [9.17, 15) is 0 Å². The molecule has 1 aromatic rings. The molecule has 1 aliphatic heterocycles.